The van der Waals surface area contributed by atoms with E-state index in [0.717, 1.165) is 26.1 Å². The summed E-state index contributed by atoms with van der Waals surface area (Å²) >= 11 is 0. The molecule has 0 aliphatic heterocycles. The number of nitrogens with one attached hydrogen (secondary N) is 1. The molecule has 1 aromatic heterocycles. The SMILES string of the molecule is COCCNCC1(Cc2cnn(C)c2)CCCC1. The van der Waals surface area contributed by atoms with E-state index in [1.165, 1.54) is 31.2 Å². The van der Waals surface area contributed by atoms with Crippen molar-refractivity contribution in [1.29, 1.82) is 0 Å². The summed E-state index contributed by atoms with van der Waals surface area (Å²) in [6, 6.07) is 0. The van der Waals surface area contributed by atoms with Crippen molar-refractivity contribution in [3.63, 3.8) is 0 Å². The number of methoxy groups -OCH3 is 1. The van der Waals surface area contributed by atoms with Crippen molar-refractivity contribution in [2.24, 2.45) is 12.5 Å². The highest BCUT2D eigenvalue weighted by atomic mass is 16.5. The van der Waals surface area contributed by atoms with Crippen molar-refractivity contribution in [2.45, 2.75) is 32.1 Å². The minimum atomic E-state index is 0.441. The van der Waals surface area contributed by atoms with Crippen molar-refractivity contribution in [3.05, 3.63) is 18.0 Å². The zero-order valence-corrected chi connectivity index (χ0v) is 11.6. The molecular weight excluding hydrogens is 226 g/mol. The molecule has 0 amide bonds. The lowest BCUT2D eigenvalue weighted by Crippen LogP contribution is -2.35. The molecule has 4 heteroatoms. The molecule has 1 N–H and O–H groups in total. The van der Waals surface area contributed by atoms with Crippen LogP contribution in [-0.2, 0) is 18.2 Å². The van der Waals surface area contributed by atoms with Gasteiger partial charge in [-0.2, -0.15) is 5.10 Å². The molecule has 4 nitrogen and oxygen atoms in total. The lowest BCUT2D eigenvalue weighted by atomic mass is 9.80. The van der Waals surface area contributed by atoms with Crippen LogP contribution in [0.15, 0.2) is 12.4 Å². The minimum Gasteiger partial charge on any atom is -0.383 e. The van der Waals surface area contributed by atoms with E-state index >= 15 is 0 Å². The second kappa shape index (κ2) is 6.34. The molecule has 1 fully saturated rings. The van der Waals surface area contributed by atoms with Gasteiger partial charge in [0.15, 0.2) is 0 Å². The Morgan fingerprint density at radius 2 is 2.22 bits per heavy atom. The van der Waals surface area contributed by atoms with Gasteiger partial charge in [-0.3, -0.25) is 4.68 Å². The number of rotatable bonds is 7. The van der Waals surface area contributed by atoms with Gasteiger partial charge >= 0.3 is 0 Å². The largest absolute Gasteiger partial charge is 0.383 e. The van der Waals surface area contributed by atoms with Crippen molar-refractivity contribution < 1.29 is 4.74 Å². The highest BCUT2D eigenvalue weighted by molar-refractivity contribution is 5.09. The Morgan fingerprint density at radius 1 is 1.44 bits per heavy atom. The van der Waals surface area contributed by atoms with Crippen LogP contribution < -0.4 is 5.32 Å². The smallest absolute Gasteiger partial charge is 0.0587 e. The molecule has 1 aliphatic rings. The van der Waals surface area contributed by atoms with Crippen molar-refractivity contribution >= 4 is 0 Å². The van der Waals surface area contributed by atoms with E-state index in [0.29, 0.717) is 5.41 Å². The van der Waals surface area contributed by atoms with Crippen LogP contribution >= 0.6 is 0 Å². The molecule has 0 saturated heterocycles. The number of nitrogens with zero attached hydrogens (tertiary/aromatic N) is 2. The van der Waals surface area contributed by atoms with Gasteiger partial charge in [0.05, 0.1) is 12.8 Å². The summed E-state index contributed by atoms with van der Waals surface area (Å²) in [5.41, 5.74) is 1.81. The summed E-state index contributed by atoms with van der Waals surface area (Å²) in [6.07, 6.45) is 10.7. The van der Waals surface area contributed by atoms with Crippen molar-refractivity contribution in [1.82, 2.24) is 15.1 Å². The van der Waals surface area contributed by atoms with Gasteiger partial charge in [0, 0.05) is 33.4 Å². The van der Waals surface area contributed by atoms with E-state index in [1.54, 1.807) is 7.11 Å². The molecule has 0 spiro atoms. The Kier molecular flexibility index (Phi) is 4.78. The summed E-state index contributed by atoms with van der Waals surface area (Å²) in [5, 5.41) is 7.82. The molecule has 102 valence electrons. The first-order valence-corrected chi connectivity index (χ1v) is 6.91. The molecular formula is C14H25N3O. The Labute approximate surface area is 110 Å². The second-order valence-corrected chi connectivity index (χ2v) is 5.58. The Hall–Kier alpha value is -0.870. The normalized spacial score (nSPS) is 18.3. The predicted octanol–water partition coefficient (Wildman–Crippen LogP) is 1.76. The van der Waals surface area contributed by atoms with Gasteiger partial charge in [-0.05, 0) is 30.2 Å². The van der Waals surface area contributed by atoms with Gasteiger partial charge in [-0.1, -0.05) is 12.8 Å². The summed E-state index contributed by atoms with van der Waals surface area (Å²) in [4.78, 5) is 0. The molecule has 0 radical (unpaired) electrons. The molecule has 2 rings (SSSR count). The van der Waals surface area contributed by atoms with Gasteiger partial charge in [0.25, 0.3) is 0 Å². The maximum absolute atomic E-state index is 5.09. The van der Waals surface area contributed by atoms with E-state index < -0.39 is 0 Å². The summed E-state index contributed by atoms with van der Waals surface area (Å²) in [7, 11) is 3.74. The lowest BCUT2D eigenvalue weighted by Gasteiger charge is -2.29. The number of hydrogen-bond donors (Lipinski definition) is 1. The minimum absolute atomic E-state index is 0.441. The maximum atomic E-state index is 5.09. The van der Waals surface area contributed by atoms with Gasteiger partial charge in [-0.25, -0.2) is 0 Å². The zero-order valence-electron chi connectivity index (χ0n) is 11.6. The molecule has 1 heterocycles. The van der Waals surface area contributed by atoms with Crippen LogP contribution in [0.2, 0.25) is 0 Å². The zero-order chi connectivity index (χ0) is 12.8. The third-order valence-electron chi connectivity index (χ3n) is 3.98. The fraction of sp³-hybridized carbons (Fsp3) is 0.786. The highest BCUT2D eigenvalue weighted by Crippen LogP contribution is 2.40. The van der Waals surface area contributed by atoms with Gasteiger partial charge in [-0.15, -0.1) is 0 Å². The topological polar surface area (TPSA) is 39.1 Å². The van der Waals surface area contributed by atoms with Crippen LogP contribution in [0.5, 0.6) is 0 Å². The van der Waals surface area contributed by atoms with Crippen LogP contribution in [0.25, 0.3) is 0 Å². The lowest BCUT2D eigenvalue weighted by molar-refractivity contribution is 0.190. The number of ether oxygens (including phenoxy) is 1. The molecule has 0 unspecified atom stereocenters. The molecule has 1 saturated carbocycles. The fourth-order valence-electron chi connectivity index (χ4n) is 3.07. The first kappa shape index (κ1) is 13.6. The van der Waals surface area contributed by atoms with E-state index in [-0.39, 0.29) is 0 Å². The fourth-order valence-corrected chi connectivity index (χ4v) is 3.07. The van der Waals surface area contributed by atoms with Gasteiger partial charge in [0.1, 0.15) is 0 Å². The molecule has 0 aromatic carbocycles. The molecule has 1 aliphatic carbocycles. The molecule has 0 atom stereocenters. The first-order valence-electron chi connectivity index (χ1n) is 6.91. The Bertz CT molecular complexity index is 356. The summed E-state index contributed by atoms with van der Waals surface area (Å²) < 4.78 is 6.98. The molecule has 18 heavy (non-hydrogen) atoms. The average molecular weight is 251 g/mol. The van der Waals surface area contributed by atoms with Crippen LogP contribution in [0.3, 0.4) is 0 Å². The number of hydrogen-bond acceptors (Lipinski definition) is 3. The van der Waals surface area contributed by atoms with E-state index in [2.05, 4.69) is 16.6 Å². The maximum Gasteiger partial charge on any atom is 0.0587 e. The first-order chi connectivity index (χ1) is 8.74. The third-order valence-corrected chi connectivity index (χ3v) is 3.98. The Morgan fingerprint density at radius 3 is 2.83 bits per heavy atom. The molecule has 1 aromatic rings. The Balaban J connectivity index is 1.89. The molecule has 0 bridgehead atoms. The third kappa shape index (κ3) is 3.56. The average Bonchev–Trinajstić information content (AvgIpc) is 2.96. The van der Waals surface area contributed by atoms with Crippen LogP contribution in [0.1, 0.15) is 31.2 Å². The standard InChI is InChI=1S/C14H25N3O/c1-17-11-13(10-16-17)9-14(5-3-4-6-14)12-15-7-8-18-2/h10-11,15H,3-9,12H2,1-2H3. The number of aromatic nitrogens is 2. The predicted molar refractivity (Wildman–Crippen MR) is 72.6 cm³/mol. The van der Waals surface area contributed by atoms with E-state index in [4.69, 9.17) is 4.74 Å². The summed E-state index contributed by atoms with van der Waals surface area (Å²) in [5.74, 6) is 0. The van der Waals surface area contributed by atoms with Crippen LogP contribution in [-0.4, -0.2) is 36.6 Å². The second-order valence-electron chi connectivity index (χ2n) is 5.58. The van der Waals surface area contributed by atoms with E-state index in [1.807, 2.05) is 17.9 Å². The number of aryl methyl sites for hydroxylation is 1. The van der Waals surface area contributed by atoms with Gasteiger partial charge < -0.3 is 10.1 Å². The van der Waals surface area contributed by atoms with E-state index in [9.17, 15) is 0 Å². The quantitative estimate of drug-likeness (QED) is 0.751. The van der Waals surface area contributed by atoms with Crippen LogP contribution in [0, 0.1) is 5.41 Å². The summed E-state index contributed by atoms with van der Waals surface area (Å²) in [6.45, 7) is 2.85. The van der Waals surface area contributed by atoms with Crippen molar-refractivity contribution in [3.8, 4) is 0 Å². The van der Waals surface area contributed by atoms with Gasteiger partial charge in [0.2, 0.25) is 0 Å². The highest BCUT2D eigenvalue weighted by Gasteiger charge is 2.33. The monoisotopic (exact) mass is 251 g/mol. The van der Waals surface area contributed by atoms with Crippen molar-refractivity contribution in [2.75, 3.05) is 26.8 Å². The van der Waals surface area contributed by atoms with Crippen LogP contribution in [0.4, 0.5) is 0 Å².